The Kier molecular flexibility index (Phi) is 3.84. The number of carbonyl (C=O) groups is 3. The fraction of sp³-hybridized carbons (Fsp3) is 0.583. The highest BCUT2D eigenvalue weighted by Gasteiger charge is 2.47. The van der Waals surface area contributed by atoms with Gasteiger partial charge in [0.15, 0.2) is 0 Å². The van der Waals surface area contributed by atoms with Crippen LogP contribution in [0.1, 0.15) is 0 Å². The number of nitrogens with zero attached hydrogens (tertiary/aromatic N) is 3. The number of ether oxygens (including phenoxy) is 1. The lowest BCUT2D eigenvalue weighted by atomic mass is 10.2. The fourth-order valence-electron chi connectivity index (χ4n) is 2.39. The maximum Gasteiger partial charge on any atom is 0.327 e. The van der Waals surface area contributed by atoms with Crippen molar-refractivity contribution in [2.24, 2.45) is 0 Å². The number of carbonyl (C=O) groups excluding carboxylic acids is 3. The number of hydrogen-bond acceptors (Lipinski definition) is 4. The number of piperazine rings is 1. The molecule has 2 fully saturated rings. The Labute approximate surface area is 111 Å². The first kappa shape index (κ1) is 13.5. The SMILES string of the molecule is C=CCN1C(=O)[C@@H]2CN(C(=O)COC)CCN2C1=O. The van der Waals surface area contributed by atoms with Crippen LogP contribution in [0.4, 0.5) is 4.79 Å². The summed E-state index contributed by atoms with van der Waals surface area (Å²) in [4.78, 5) is 40.1. The van der Waals surface area contributed by atoms with Crippen LogP contribution < -0.4 is 0 Å². The molecule has 0 radical (unpaired) electrons. The third-order valence-electron chi connectivity index (χ3n) is 3.34. The summed E-state index contributed by atoms with van der Waals surface area (Å²) in [5.74, 6) is -0.426. The normalized spacial score (nSPS) is 22.8. The second-order valence-corrected chi connectivity index (χ2v) is 4.50. The van der Waals surface area contributed by atoms with E-state index in [-0.39, 0.29) is 37.5 Å². The summed E-state index contributed by atoms with van der Waals surface area (Å²) < 4.78 is 4.80. The zero-order valence-corrected chi connectivity index (χ0v) is 10.9. The number of rotatable bonds is 4. The van der Waals surface area contributed by atoms with Gasteiger partial charge in [0.25, 0.3) is 5.91 Å². The lowest BCUT2D eigenvalue weighted by Crippen LogP contribution is -2.55. The molecule has 0 aromatic carbocycles. The molecule has 2 heterocycles. The molecular weight excluding hydrogens is 250 g/mol. The van der Waals surface area contributed by atoms with E-state index in [9.17, 15) is 14.4 Å². The first-order valence-corrected chi connectivity index (χ1v) is 6.09. The molecule has 2 aliphatic rings. The number of fused-ring (bicyclic) bond motifs is 1. The van der Waals surface area contributed by atoms with E-state index < -0.39 is 6.04 Å². The summed E-state index contributed by atoms with van der Waals surface area (Å²) in [7, 11) is 1.45. The van der Waals surface area contributed by atoms with Crippen LogP contribution in [0.5, 0.6) is 0 Å². The Bertz CT molecular complexity index is 423. The highest BCUT2D eigenvalue weighted by atomic mass is 16.5. The van der Waals surface area contributed by atoms with E-state index >= 15 is 0 Å². The van der Waals surface area contributed by atoms with E-state index in [0.717, 1.165) is 0 Å². The lowest BCUT2D eigenvalue weighted by Gasteiger charge is -2.35. The van der Waals surface area contributed by atoms with Crippen molar-refractivity contribution in [2.75, 3.05) is 39.9 Å². The molecule has 1 atom stereocenters. The van der Waals surface area contributed by atoms with Crippen LogP contribution in [0, 0.1) is 0 Å². The van der Waals surface area contributed by atoms with Crippen LogP contribution in [0.2, 0.25) is 0 Å². The molecular formula is C12H17N3O4. The molecule has 4 amide bonds. The topological polar surface area (TPSA) is 70.2 Å². The zero-order valence-electron chi connectivity index (χ0n) is 10.9. The Morgan fingerprint density at radius 1 is 1.47 bits per heavy atom. The van der Waals surface area contributed by atoms with E-state index in [1.165, 1.54) is 23.0 Å². The van der Waals surface area contributed by atoms with E-state index in [1.54, 1.807) is 4.90 Å². The van der Waals surface area contributed by atoms with Crippen molar-refractivity contribution >= 4 is 17.8 Å². The molecule has 0 bridgehead atoms. The maximum absolute atomic E-state index is 12.1. The van der Waals surface area contributed by atoms with Crippen LogP contribution >= 0.6 is 0 Å². The van der Waals surface area contributed by atoms with Gasteiger partial charge < -0.3 is 14.5 Å². The van der Waals surface area contributed by atoms with Gasteiger partial charge in [-0.25, -0.2) is 4.79 Å². The van der Waals surface area contributed by atoms with Gasteiger partial charge >= 0.3 is 6.03 Å². The Hall–Kier alpha value is -1.89. The Morgan fingerprint density at radius 2 is 2.21 bits per heavy atom. The molecule has 104 valence electrons. The van der Waals surface area contributed by atoms with Crippen molar-refractivity contribution in [1.82, 2.24) is 14.7 Å². The first-order chi connectivity index (χ1) is 9.10. The summed E-state index contributed by atoms with van der Waals surface area (Å²) in [6.45, 7) is 4.77. The van der Waals surface area contributed by atoms with E-state index in [1.807, 2.05) is 0 Å². The van der Waals surface area contributed by atoms with Gasteiger partial charge in [0.2, 0.25) is 5.91 Å². The van der Waals surface area contributed by atoms with Crippen LogP contribution in [-0.4, -0.2) is 78.5 Å². The largest absolute Gasteiger partial charge is 0.375 e. The first-order valence-electron chi connectivity index (χ1n) is 6.09. The molecule has 0 aromatic heterocycles. The van der Waals surface area contributed by atoms with Crippen LogP contribution in [-0.2, 0) is 14.3 Å². The van der Waals surface area contributed by atoms with E-state index in [4.69, 9.17) is 4.74 Å². The van der Waals surface area contributed by atoms with Gasteiger partial charge in [0.1, 0.15) is 12.6 Å². The van der Waals surface area contributed by atoms with Crippen molar-refractivity contribution in [3.05, 3.63) is 12.7 Å². The van der Waals surface area contributed by atoms with Gasteiger partial charge in [-0.15, -0.1) is 6.58 Å². The van der Waals surface area contributed by atoms with Crippen molar-refractivity contribution in [3.63, 3.8) is 0 Å². The monoisotopic (exact) mass is 267 g/mol. The van der Waals surface area contributed by atoms with E-state index in [0.29, 0.717) is 13.1 Å². The number of hydrogen-bond donors (Lipinski definition) is 0. The predicted molar refractivity (Wildman–Crippen MR) is 66.3 cm³/mol. The molecule has 0 unspecified atom stereocenters. The van der Waals surface area contributed by atoms with Gasteiger partial charge in [-0.2, -0.15) is 0 Å². The summed E-state index contributed by atoms with van der Waals surface area (Å²) in [6.07, 6.45) is 1.52. The minimum absolute atomic E-state index is 0.00870. The summed E-state index contributed by atoms with van der Waals surface area (Å²) in [5.41, 5.74) is 0. The van der Waals surface area contributed by atoms with Crippen LogP contribution in [0.15, 0.2) is 12.7 Å². The quantitative estimate of drug-likeness (QED) is 0.498. The number of amides is 4. The van der Waals surface area contributed by atoms with Gasteiger partial charge in [-0.1, -0.05) is 6.08 Å². The van der Waals surface area contributed by atoms with Gasteiger partial charge in [-0.3, -0.25) is 14.5 Å². The molecule has 0 saturated carbocycles. The van der Waals surface area contributed by atoms with Crippen molar-refractivity contribution in [1.29, 1.82) is 0 Å². The predicted octanol–water partition coefficient (Wildman–Crippen LogP) is -0.706. The number of imide groups is 1. The molecule has 2 aliphatic heterocycles. The lowest BCUT2D eigenvalue weighted by molar-refractivity contribution is -0.139. The molecule has 2 rings (SSSR count). The van der Waals surface area contributed by atoms with Gasteiger partial charge in [0, 0.05) is 26.7 Å². The van der Waals surface area contributed by atoms with Crippen LogP contribution in [0.25, 0.3) is 0 Å². The summed E-state index contributed by atoms with van der Waals surface area (Å²) in [5, 5.41) is 0. The molecule has 19 heavy (non-hydrogen) atoms. The summed E-state index contributed by atoms with van der Waals surface area (Å²) >= 11 is 0. The highest BCUT2D eigenvalue weighted by molar-refractivity contribution is 6.05. The minimum Gasteiger partial charge on any atom is -0.375 e. The van der Waals surface area contributed by atoms with Crippen molar-refractivity contribution in [3.8, 4) is 0 Å². The van der Waals surface area contributed by atoms with Gasteiger partial charge in [-0.05, 0) is 0 Å². The zero-order chi connectivity index (χ0) is 14.0. The van der Waals surface area contributed by atoms with Crippen molar-refractivity contribution in [2.45, 2.75) is 6.04 Å². The molecule has 0 spiro atoms. The van der Waals surface area contributed by atoms with Gasteiger partial charge in [0.05, 0.1) is 6.54 Å². The fourth-order valence-corrected chi connectivity index (χ4v) is 2.39. The standard InChI is InChI=1S/C12H17N3O4/c1-3-4-15-11(17)9-7-13(10(16)8-19-2)5-6-14(9)12(15)18/h3,9H,1,4-8H2,2H3/t9-/m0/s1. The molecule has 7 nitrogen and oxygen atoms in total. The maximum atomic E-state index is 12.1. The second kappa shape index (κ2) is 5.40. The third-order valence-corrected chi connectivity index (χ3v) is 3.34. The molecule has 0 N–H and O–H groups in total. The Balaban J connectivity index is 2.08. The Morgan fingerprint density at radius 3 is 2.84 bits per heavy atom. The molecule has 0 aromatic rings. The average Bonchev–Trinajstić information content (AvgIpc) is 2.64. The van der Waals surface area contributed by atoms with Crippen molar-refractivity contribution < 1.29 is 19.1 Å². The molecule has 0 aliphatic carbocycles. The molecule has 2 saturated heterocycles. The third kappa shape index (κ3) is 2.33. The smallest absolute Gasteiger partial charge is 0.327 e. The number of urea groups is 1. The van der Waals surface area contributed by atoms with E-state index in [2.05, 4.69) is 6.58 Å². The minimum atomic E-state index is -0.568. The van der Waals surface area contributed by atoms with Crippen LogP contribution in [0.3, 0.4) is 0 Å². The number of methoxy groups -OCH3 is 1. The molecule has 7 heteroatoms. The second-order valence-electron chi connectivity index (χ2n) is 4.50. The summed E-state index contributed by atoms with van der Waals surface area (Å²) in [6, 6.07) is -0.865. The average molecular weight is 267 g/mol. The highest BCUT2D eigenvalue weighted by Crippen LogP contribution is 2.21.